The number of nitrogens with one attached hydrogen (secondary N) is 2. The van der Waals surface area contributed by atoms with Gasteiger partial charge in [-0.25, -0.2) is 0 Å². The van der Waals surface area contributed by atoms with Gasteiger partial charge in [-0.2, -0.15) is 5.10 Å². The molecule has 0 unspecified atom stereocenters. The van der Waals surface area contributed by atoms with Crippen molar-refractivity contribution in [2.75, 3.05) is 11.9 Å². The summed E-state index contributed by atoms with van der Waals surface area (Å²) in [6, 6.07) is 5.14. The van der Waals surface area contributed by atoms with Gasteiger partial charge in [0.1, 0.15) is 12.2 Å². The maximum atomic E-state index is 12.0. The van der Waals surface area contributed by atoms with Crippen molar-refractivity contribution in [3.63, 3.8) is 0 Å². The first-order chi connectivity index (χ1) is 12.2. The topological polar surface area (TPSA) is 88.9 Å². The van der Waals surface area contributed by atoms with Crippen molar-refractivity contribution in [1.29, 1.82) is 0 Å². The van der Waals surface area contributed by atoms with Crippen molar-refractivity contribution in [3.8, 4) is 0 Å². The molecule has 0 aromatic carbocycles. The van der Waals surface area contributed by atoms with Crippen LogP contribution in [-0.2, 0) is 11.3 Å². The Bertz CT molecular complexity index is 707. The summed E-state index contributed by atoms with van der Waals surface area (Å²) in [5.74, 6) is 0.392. The van der Waals surface area contributed by atoms with E-state index >= 15 is 0 Å². The molecule has 7 heteroatoms. The lowest BCUT2D eigenvalue weighted by Gasteiger charge is -2.09. The Hall–Kier alpha value is -2.70. The van der Waals surface area contributed by atoms with E-state index in [0.29, 0.717) is 17.9 Å². The van der Waals surface area contributed by atoms with Crippen LogP contribution in [0.1, 0.15) is 42.6 Å². The summed E-state index contributed by atoms with van der Waals surface area (Å²) in [6.45, 7) is 0.859. The number of anilines is 1. The van der Waals surface area contributed by atoms with E-state index in [0.717, 1.165) is 12.3 Å². The van der Waals surface area contributed by atoms with E-state index in [1.807, 2.05) is 0 Å². The molecule has 0 aliphatic heterocycles. The number of amides is 2. The Morgan fingerprint density at radius 2 is 2.08 bits per heavy atom. The first-order valence-electron chi connectivity index (χ1n) is 8.72. The molecular weight excluding hydrogens is 318 g/mol. The summed E-state index contributed by atoms with van der Waals surface area (Å²) < 4.78 is 1.51. The molecule has 0 bridgehead atoms. The van der Waals surface area contributed by atoms with Gasteiger partial charge in [-0.1, -0.05) is 31.7 Å². The molecule has 25 heavy (non-hydrogen) atoms. The predicted molar refractivity (Wildman–Crippen MR) is 94.0 cm³/mol. The zero-order valence-corrected chi connectivity index (χ0v) is 14.1. The van der Waals surface area contributed by atoms with Crippen LogP contribution in [0.2, 0.25) is 0 Å². The highest BCUT2D eigenvalue weighted by atomic mass is 16.2. The van der Waals surface area contributed by atoms with Gasteiger partial charge in [0.25, 0.3) is 5.91 Å². The van der Waals surface area contributed by atoms with E-state index in [4.69, 9.17) is 0 Å². The predicted octanol–water partition coefficient (Wildman–Crippen LogP) is 2.23. The van der Waals surface area contributed by atoms with Crippen molar-refractivity contribution >= 4 is 17.5 Å². The molecule has 0 saturated heterocycles. The van der Waals surface area contributed by atoms with Crippen LogP contribution in [0.15, 0.2) is 36.8 Å². The Morgan fingerprint density at radius 3 is 2.84 bits per heavy atom. The van der Waals surface area contributed by atoms with Crippen molar-refractivity contribution in [1.82, 2.24) is 20.1 Å². The number of rotatable bonds is 7. The van der Waals surface area contributed by atoms with Gasteiger partial charge in [-0.15, -0.1) is 0 Å². The minimum Gasteiger partial charge on any atom is -0.354 e. The molecule has 1 aliphatic carbocycles. The quantitative estimate of drug-likeness (QED) is 0.808. The number of nitrogens with zero attached hydrogens (tertiary/aromatic N) is 3. The molecule has 0 radical (unpaired) electrons. The molecule has 1 saturated carbocycles. The van der Waals surface area contributed by atoms with Gasteiger partial charge in [0, 0.05) is 18.9 Å². The summed E-state index contributed by atoms with van der Waals surface area (Å²) in [6.07, 6.45) is 11.0. The fourth-order valence-corrected chi connectivity index (χ4v) is 3.12. The fourth-order valence-electron chi connectivity index (χ4n) is 3.12. The van der Waals surface area contributed by atoms with Crippen LogP contribution >= 0.6 is 0 Å². The molecule has 1 fully saturated rings. The van der Waals surface area contributed by atoms with Gasteiger partial charge in [0.05, 0.1) is 11.9 Å². The molecule has 2 heterocycles. The summed E-state index contributed by atoms with van der Waals surface area (Å²) >= 11 is 0. The van der Waals surface area contributed by atoms with Crippen LogP contribution in [0, 0.1) is 5.92 Å². The fraction of sp³-hybridized carbons (Fsp3) is 0.444. The SMILES string of the molecule is O=C(Cn1cc(NC(=O)c2ccccn2)cn1)NCCC1CCCC1. The second kappa shape index (κ2) is 8.41. The van der Waals surface area contributed by atoms with Crippen molar-refractivity contribution in [2.24, 2.45) is 5.92 Å². The smallest absolute Gasteiger partial charge is 0.274 e. The minimum absolute atomic E-state index is 0.0660. The Labute approximate surface area is 146 Å². The third-order valence-electron chi connectivity index (χ3n) is 4.44. The molecule has 2 aromatic heterocycles. The van der Waals surface area contributed by atoms with Crippen LogP contribution in [0.3, 0.4) is 0 Å². The zero-order valence-electron chi connectivity index (χ0n) is 14.1. The summed E-state index contributed by atoms with van der Waals surface area (Å²) in [5, 5.41) is 9.76. The first kappa shape index (κ1) is 17.1. The molecule has 7 nitrogen and oxygen atoms in total. The van der Waals surface area contributed by atoms with Gasteiger partial charge in [0.15, 0.2) is 0 Å². The number of carbonyl (C=O) groups is 2. The van der Waals surface area contributed by atoms with Gasteiger partial charge in [-0.3, -0.25) is 19.3 Å². The number of pyridine rings is 1. The summed E-state index contributed by atoms with van der Waals surface area (Å²) in [5.41, 5.74) is 0.870. The highest BCUT2D eigenvalue weighted by Crippen LogP contribution is 2.26. The van der Waals surface area contributed by atoms with E-state index in [-0.39, 0.29) is 18.4 Å². The van der Waals surface area contributed by atoms with E-state index in [1.165, 1.54) is 36.6 Å². The largest absolute Gasteiger partial charge is 0.354 e. The normalized spacial score (nSPS) is 14.4. The van der Waals surface area contributed by atoms with Gasteiger partial charge >= 0.3 is 0 Å². The summed E-state index contributed by atoms with van der Waals surface area (Å²) in [7, 11) is 0. The second-order valence-electron chi connectivity index (χ2n) is 6.38. The van der Waals surface area contributed by atoms with Gasteiger partial charge < -0.3 is 10.6 Å². The maximum absolute atomic E-state index is 12.0. The average Bonchev–Trinajstić information content (AvgIpc) is 3.28. The van der Waals surface area contributed by atoms with Crippen molar-refractivity contribution in [2.45, 2.75) is 38.6 Å². The molecular formula is C18H23N5O2. The monoisotopic (exact) mass is 341 g/mol. The van der Waals surface area contributed by atoms with E-state index < -0.39 is 0 Å². The van der Waals surface area contributed by atoms with Gasteiger partial charge in [0.2, 0.25) is 5.91 Å². The van der Waals surface area contributed by atoms with Crippen LogP contribution in [-0.4, -0.2) is 33.1 Å². The lowest BCUT2D eigenvalue weighted by atomic mass is 10.0. The van der Waals surface area contributed by atoms with E-state index in [2.05, 4.69) is 20.7 Å². The summed E-state index contributed by atoms with van der Waals surface area (Å²) in [4.78, 5) is 28.0. The zero-order chi connectivity index (χ0) is 17.5. The molecule has 0 atom stereocenters. The highest BCUT2D eigenvalue weighted by molar-refractivity contribution is 6.02. The highest BCUT2D eigenvalue weighted by Gasteiger charge is 2.15. The van der Waals surface area contributed by atoms with Crippen LogP contribution in [0.4, 0.5) is 5.69 Å². The third kappa shape index (κ3) is 5.14. The average molecular weight is 341 g/mol. The lowest BCUT2D eigenvalue weighted by molar-refractivity contribution is -0.121. The maximum Gasteiger partial charge on any atom is 0.274 e. The molecule has 2 aromatic rings. The molecule has 2 amide bonds. The standard InChI is InChI=1S/C18H23N5O2/c24-17(20-10-8-14-5-1-2-6-14)13-23-12-15(11-21-23)22-18(25)16-7-3-4-9-19-16/h3-4,7,9,11-12,14H,1-2,5-6,8,10,13H2,(H,20,24)(H,22,25). The van der Waals surface area contributed by atoms with Gasteiger partial charge in [-0.05, 0) is 24.5 Å². The molecule has 132 valence electrons. The Balaban J connectivity index is 1.43. The van der Waals surface area contributed by atoms with E-state index in [1.54, 1.807) is 30.6 Å². The third-order valence-corrected chi connectivity index (χ3v) is 4.44. The number of carbonyl (C=O) groups excluding carboxylic acids is 2. The molecule has 3 rings (SSSR count). The van der Waals surface area contributed by atoms with E-state index in [9.17, 15) is 9.59 Å². The lowest BCUT2D eigenvalue weighted by Crippen LogP contribution is -2.29. The minimum atomic E-state index is -0.304. The van der Waals surface area contributed by atoms with Crippen LogP contribution in [0.5, 0.6) is 0 Å². The van der Waals surface area contributed by atoms with Crippen LogP contribution in [0.25, 0.3) is 0 Å². The number of hydrogen-bond donors (Lipinski definition) is 2. The number of hydrogen-bond acceptors (Lipinski definition) is 4. The van der Waals surface area contributed by atoms with Crippen molar-refractivity contribution < 1.29 is 9.59 Å². The van der Waals surface area contributed by atoms with Crippen molar-refractivity contribution in [3.05, 3.63) is 42.5 Å². The Kier molecular flexibility index (Phi) is 5.77. The molecule has 0 spiro atoms. The second-order valence-corrected chi connectivity index (χ2v) is 6.38. The molecule has 1 aliphatic rings. The van der Waals surface area contributed by atoms with Crippen LogP contribution < -0.4 is 10.6 Å². The Morgan fingerprint density at radius 1 is 1.24 bits per heavy atom. The molecule has 2 N–H and O–H groups in total. The number of aromatic nitrogens is 3. The first-order valence-corrected chi connectivity index (χ1v) is 8.72.